The zero-order chi connectivity index (χ0) is 15.5. The smallest absolute Gasteiger partial charge is 0.227 e. The molecule has 22 heavy (non-hydrogen) atoms. The molecule has 0 atom stereocenters. The summed E-state index contributed by atoms with van der Waals surface area (Å²) in [7, 11) is 1.57. The van der Waals surface area contributed by atoms with Crippen molar-refractivity contribution in [2.75, 3.05) is 7.11 Å². The Labute approximate surface area is 127 Å². The van der Waals surface area contributed by atoms with E-state index in [-0.39, 0.29) is 5.76 Å². The van der Waals surface area contributed by atoms with Crippen LogP contribution in [0.3, 0.4) is 0 Å². The summed E-state index contributed by atoms with van der Waals surface area (Å²) >= 11 is 0. The molecule has 1 N–H and O–H groups in total. The maximum Gasteiger partial charge on any atom is 0.227 e. The summed E-state index contributed by atoms with van der Waals surface area (Å²) in [6.45, 7) is 0. The van der Waals surface area contributed by atoms with Gasteiger partial charge in [-0.2, -0.15) is 0 Å². The van der Waals surface area contributed by atoms with Gasteiger partial charge in [0.05, 0.1) is 7.11 Å². The molecule has 1 aromatic heterocycles. The van der Waals surface area contributed by atoms with E-state index in [2.05, 4.69) is 0 Å². The Balaban J connectivity index is 2.14. The molecule has 4 heteroatoms. The van der Waals surface area contributed by atoms with Crippen LogP contribution < -0.4 is 10.2 Å². The van der Waals surface area contributed by atoms with E-state index >= 15 is 0 Å². The molecular formula is C18H14O4. The molecule has 0 bridgehead atoms. The summed E-state index contributed by atoms with van der Waals surface area (Å²) in [5.41, 5.74) is 0.901. The standard InChI is InChI=1S/C18H14O4/c1-21-14-9-7-13(8-10-14)18-17(20)15(19)11-16(22-18)12-5-3-2-4-6-12/h2-11,20H,1H3. The molecule has 0 saturated carbocycles. The van der Waals surface area contributed by atoms with Crippen molar-refractivity contribution in [3.63, 3.8) is 0 Å². The topological polar surface area (TPSA) is 59.7 Å². The zero-order valence-electron chi connectivity index (χ0n) is 11.9. The van der Waals surface area contributed by atoms with Gasteiger partial charge >= 0.3 is 0 Å². The van der Waals surface area contributed by atoms with Gasteiger partial charge in [-0.1, -0.05) is 30.3 Å². The molecule has 110 valence electrons. The molecular weight excluding hydrogens is 280 g/mol. The molecule has 0 saturated heterocycles. The van der Waals surface area contributed by atoms with E-state index in [1.807, 2.05) is 30.3 Å². The van der Waals surface area contributed by atoms with Crippen molar-refractivity contribution in [1.29, 1.82) is 0 Å². The van der Waals surface area contributed by atoms with E-state index < -0.39 is 11.2 Å². The summed E-state index contributed by atoms with van der Waals surface area (Å²) in [4.78, 5) is 12.0. The quantitative estimate of drug-likeness (QED) is 0.800. The molecule has 4 nitrogen and oxygen atoms in total. The first-order valence-electron chi connectivity index (χ1n) is 6.76. The van der Waals surface area contributed by atoms with Crippen molar-refractivity contribution in [3.05, 3.63) is 70.9 Å². The molecule has 0 spiro atoms. The molecule has 0 unspecified atom stereocenters. The molecule has 0 aliphatic carbocycles. The summed E-state index contributed by atoms with van der Waals surface area (Å²) in [5.74, 6) is 0.845. The van der Waals surface area contributed by atoms with Crippen molar-refractivity contribution in [1.82, 2.24) is 0 Å². The minimum atomic E-state index is -0.476. The number of rotatable bonds is 3. The van der Waals surface area contributed by atoms with Crippen LogP contribution in [0.5, 0.6) is 11.5 Å². The van der Waals surface area contributed by atoms with Crippen molar-refractivity contribution >= 4 is 0 Å². The Morgan fingerprint density at radius 3 is 2.27 bits per heavy atom. The van der Waals surface area contributed by atoms with Crippen LogP contribution in [0, 0.1) is 0 Å². The van der Waals surface area contributed by atoms with E-state index in [0.717, 1.165) is 5.56 Å². The SMILES string of the molecule is COc1ccc(-c2oc(-c3ccccc3)cc(=O)c2O)cc1. The Morgan fingerprint density at radius 1 is 0.955 bits per heavy atom. The van der Waals surface area contributed by atoms with Crippen molar-refractivity contribution in [2.24, 2.45) is 0 Å². The molecule has 0 aliphatic rings. The van der Waals surface area contributed by atoms with Gasteiger partial charge < -0.3 is 14.3 Å². The van der Waals surface area contributed by atoms with Gasteiger partial charge in [0.15, 0.2) is 5.76 Å². The fourth-order valence-corrected chi connectivity index (χ4v) is 2.17. The summed E-state index contributed by atoms with van der Waals surface area (Å²) in [6.07, 6.45) is 0. The third-order valence-electron chi connectivity index (χ3n) is 3.33. The zero-order valence-corrected chi connectivity index (χ0v) is 11.9. The molecule has 2 aromatic carbocycles. The highest BCUT2D eigenvalue weighted by atomic mass is 16.5. The highest BCUT2D eigenvalue weighted by molar-refractivity contribution is 5.68. The Bertz CT molecular complexity index is 833. The highest BCUT2D eigenvalue weighted by Crippen LogP contribution is 2.31. The lowest BCUT2D eigenvalue weighted by atomic mass is 10.1. The first kappa shape index (κ1) is 13.9. The van der Waals surface area contributed by atoms with Gasteiger partial charge in [-0.15, -0.1) is 0 Å². The fourth-order valence-electron chi connectivity index (χ4n) is 2.17. The van der Waals surface area contributed by atoms with Crippen LogP contribution in [0.15, 0.2) is 69.9 Å². The molecule has 3 rings (SSSR count). The van der Waals surface area contributed by atoms with Crippen LogP contribution in [0.1, 0.15) is 0 Å². The normalized spacial score (nSPS) is 10.4. The van der Waals surface area contributed by atoms with Crippen LogP contribution >= 0.6 is 0 Å². The number of hydrogen-bond donors (Lipinski definition) is 1. The third kappa shape index (κ3) is 2.59. The van der Waals surface area contributed by atoms with E-state index in [4.69, 9.17) is 9.15 Å². The second-order valence-electron chi connectivity index (χ2n) is 4.75. The monoisotopic (exact) mass is 294 g/mol. The first-order valence-corrected chi connectivity index (χ1v) is 6.76. The molecule has 1 heterocycles. The van der Waals surface area contributed by atoms with Gasteiger partial charge in [0, 0.05) is 17.2 Å². The Hall–Kier alpha value is -3.01. The predicted octanol–water partition coefficient (Wildman–Crippen LogP) is 3.69. The number of hydrogen-bond acceptors (Lipinski definition) is 4. The van der Waals surface area contributed by atoms with Gasteiger partial charge in [-0.3, -0.25) is 4.79 Å². The number of aromatic hydroxyl groups is 1. The third-order valence-corrected chi connectivity index (χ3v) is 3.33. The second-order valence-corrected chi connectivity index (χ2v) is 4.75. The maximum atomic E-state index is 12.0. The molecule has 0 amide bonds. The van der Waals surface area contributed by atoms with Crippen LogP contribution in [-0.2, 0) is 0 Å². The van der Waals surface area contributed by atoms with E-state index in [1.54, 1.807) is 31.4 Å². The average Bonchev–Trinajstić information content (AvgIpc) is 2.58. The number of ether oxygens (including phenoxy) is 1. The van der Waals surface area contributed by atoms with Gasteiger partial charge in [0.1, 0.15) is 11.5 Å². The predicted molar refractivity (Wildman–Crippen MR) is 84.1 cm³/mol. The lowest BCUT2D eigenvalue weighted by Gasteiger charge is -2.08. The van der Waals surface area contributed by atoms with Gasteiger partial charge in [-0.25, -0.2) is 0 Å². The molecule has 0 aliphatic heterocycles. The molecule has 0 fully saturated rings. The fraction of sp³-hybridized carbons (Fsp3) is 0.0556. The molecule has 3 aromatic rings. The van der Waals surface area contributed by atoms with E-state index in [9.17, 15) is 9.90 Å². The van der Waals surface area contributed by atoms with Crippen molar-refractivity contribution in [2.45, 2.75) is 0 Å². The Kier molecular flexibility index (Phi) is 3.66. The van der Waals surface area contributed by atoms with E-state index in [0.29, 0.717) is 17.1 Å². The largest absolute Gasteiger partial charge is 0.502 e. The number of benzene rings is 2. The van der Waals surface area contributed by atoms with Crippen LogP contribution in [0.4, 0.5) is 0 Å². The molecule has 0 radical (unpaired) electrons. The summed E-state index contributed by atoms with van der Waals surface area (Å²) < 4.78 is 10.8. The van der Waals surface area contributed by atoms with Crippen LogP contribution in [0.2, 0.25) is 0 Å². The summed E-state index contributed by atoms with van der Waals surface area (Å²) in [6, 6.07) is 17.5. The highest BCUT2D eigenvalue weighted by Gasteiger charge is 2.14. The van der Waals surface area contributed by atoms with Crippen molar-refractivity contribution in [3.8, 4) is 34.1 Å². The van der Waals surface area contributed by atoms with Gasteiger partial charge in [0.2, 0.25) is 11.2 Å². The van der Waals surface area contributed by atoms with Gasteiger partial charge in [-0.05, 0) is 24.3 Å². The lowest BCUT2D eigenvalue weighted by Crippen LogP contribution is -2.01. The minimum absolute atomic E-state index is 0.147. The lowest BCUT2D eigenvalue weighted by molar-refractivity contribution is 0.414. The first-order chi connectivity index (χ1) is 10.7. The summed E-state index contributed by atoms with van der Waals surface area (Å²) in [5, 5.41) is 10.0. The van der Waals surface area contributed by atoms with Gasteiger partial charge in [0.25, 0.3) is 0 Å². The van der Waals surface area contributed by atoms with Crippen LogP contribution in [0.25, 0.3) is 22.6 Å². The van der Waals surface area contributed by atoms with E-state index in [1.165, 1.54) is 6.07 Å². The average molecular weight is 294 g/mol. The number of methoxy groups -OCH3 is 1. The van der Waals surface area contributed by atoms with Crippen LogP contribution in [-0.4, -0.2) is 12.2 Å². The Morgan fingerprint density at radius 2 is 1.64 bits per heavy atom. The minimum Gasteiger partial charge on any atom is -0.502 e. The van der Waals surface area contributed by atoms with Crippen molar-refractivity contribution < 1.29 is 14.3 Å². The maximum absolute atomic E-state index is 12.0. The second kappa shape index (κ2) is 5.77.